The molecule has 1 aromatic rings. The summed E-state index contributed by atoms with van der Waals surface area (Å²) in [5, 5.41) is 8.48. The minimum absolute atomic E-state index is 0.633. The van der Waals surface area contributed by atoms with Gasteiger partial charge in [0.05, 0.1) is 0 Å². The highest BCUT2D eigenvalue weighted by molar-refractivity contribution is 5.87. The van der Waals surface area contributed by atoms with Crippen molar-refractivity contribution in [1.29, 1.82) is 0 Å². The van der Waals surface area contributed by atoms with Crippen LogP contribution < -0.4 is 5.73 Å². The third kappa shape index (κ3) is 2.36. The molecule has 0 aliphatic rings. The summed E-state index contributed by atoms with van der Waals surface area (Å²) in [6.07, 6.45) is 2.60. The Kier molecular flexibility index (Phi) is 2.92. The van der Waals surface area contributed by atoms with Crippen molar-refractivity contribution < 1.29 is 9.90 Å². The standard InChI is InChI=1S/C11H13NO2/c1-7-5-8(2)11(12)9(6-7)3-4-10(13)14/h3-6H,12H2,1-2H3,(H,13,14). The van der Waals surface area contributed by atoms with Crippen molar-refractivity contribution in [2.45, 2.75) is 13.8 Å². The molecule has 0 aromatic heterocycles. The lowest BCUT2D eigenvalue weighted by molar-refractivity contribution is -0.131. The molecule has 3 heteroatoms. The Labute approximate surface area is 82.9 Å². The first kappa shape index (κ1) is 10.3. The fraction of sp³-hybridized carbons (Fsp3) is 0.182. The van der Waals surface area contributed by atoms with Gasteiger partial charge in [0.25, 0.3) is 0 Å². The Balaban J connectivity index is 3.14. The fourth-order valence-corrected chi connectivity index (χ4v) is 1.31. The second kappa shape index (κ2) is 3.96. The first-order chi connectivity index (χ1) is 6.50. The van der Waals surface area contributed by atoms with Crippen LogP contribution in [0.4, 0.5) is 5.69 Å². The Morgan fingerprint density at radius 1 is 1.43 bits per heavy atom. The first-order valence-electron chi connectivity index (χ1n) is 4.28. The van der Waals surface area contributed by atoms with E-state index >= 15 is 0 Å². The van der Waals surface area contributed by atoms with Crippen LogP contribution in [0, 0.1) is 13.8 Å². The van der Waals surface area contributed by atoms with Gasteiger partial charge in [0, 0.05) is 11.8 Å². The number of carbonyl (C=O) groups is 1. The molecule has 0 aliphatic heterocycles. The molecule has 0 heterocycles. The van der Waals surface area contributed by atoms with E-state index in [2.05, 4.69) is 0 Å². The maximum atomic E-state index is 10.3. The Hall–Kier alpha value is -1.77. The molecular formula is C11H13NO2. The predicted molar refractivity (Wildman–Crippen MR) is 57.0 cm³/mol. The van der Waals surface area contributed by atoms with Crippen LogP contribution in [0.3, 0.4) is 0 Å². The van der Waals surface area contributed by atoms with E-state index in [1.165, 1.54) is 6.08 Å². The summed E-state index contributed by atoms with van der Waals surface area (Å²) >= 11 is 0. The average molecular weight is 191 g/mol. The highest BCUT2D eigenvalue weighted by Crippen LogP contribution is 2.20. The van der Waals surface area contributed by atoms with Crippen molar-refractivity contribution in [1.82, 2.24) is 0 Å². The van der Waals surface area contributed by atoms with Crippen LogP contribution in [0.15, 0.2) is 18.2 Å². The van der Waals surface area contributed by atoms with E-state index in [1.807, 2.05) is 26.0 Å². The topological polar surface area (TPSA) is 63.3 Å². The van der Waals surface area contributed by atoms with E-state index < -0.39 is 5.97 Å². The Bertz CT molecular complexity index is 395. The van der Waals surface area contributed by atoms with Gasteiger partial charge in [-0.1, -0.05) is 11.6 Å². The molecule has 0 atom stereocenters. The molecule has 1 aromatic carbocycles. The Morgan fingerprint density at radius 2 is 2.07 bits per heavy atom. The quantitative estimate of drug-likeness (QED) is 0.555. The number of hydrogen-bond acceptors (Lipinski definition) is 2. The number of aryl methyl sites for hydroxylation is 2. The van der Waals surface area contributed by atoms with Gasteiger partial charge in [0.2, 0.25) is 0 Å². The van der Waals surface area contributed by atoms with Gasteiger partial charge in [0.15, 0.2) is 0 Å². The van der Waals surface area contributed by atoms with Gasteiger partial charge in [-0.05, 0) is 37.1 Å². The van der Waals surface area contributed by atoms with Crippen LogP contribution in [0.25, 0.3) is 6.08 Å². The van der Waals surface area contributed by atoms with Gasteiger partial charge >= 0.3 is 5.97 Å². The maximum absolute atomic E-state index is 10.3. The molecule has 0 radical (unpaired) electrons. The summed E-state index contributed by atoms with van der Waals surface area (Å²) in [6, 6.07) is 3.83. The van der Waals surface area contributed by atoms with E-state index in [9.17, 15) is 4.79 Å². The second-order valence-corrected chi connectivity index (χ2v) is 3.26. The van der Waals surface area contributed by atoms with E-state index in [0.29, 0.717) is 5.69 Å². The summed E-state index contributed by atoms with van der Waals surface area (Å²) in [4.78, 5) is 10.3. The number of aliphatic carboxylic acids is 1. The molecule has 0 amide bonds. The summed E-state index contributed by atoms with van der Waals surface area (Å²) in [6.45, 7) is 3.85. The molecule has 0 fully saturated rings. The second-order valence-electron chi connectivity index (χ2n) is 3.26. The highest BCUT2D eigenvalue weighted by atomic mass is 16.4. The van der Waals surface area contributed by atoms with Crippen molar-refractivity contribution in [3.05, 3.63) is 34.9 Å². The minimum Gasteiger partial charge on any atom is -0.478 e. The van der Waals surface area contributed by atoms with Gasteiger partial charge in [0.1, 0.15) is 0 Å². The van der Waals surface area contributed by atoms with Crippen LogP contribution in [0.5, 0.6) is 0 Å². The molecule has 0 unspecified atom stereocenters. The van der Waals surface area contributed by atoms with Crippen LogP contribution in [0.1, 0.15) is 16.7 Å². The summed E-state index contributed by atoms with van der Waals surface area (Å²) in [7, 11) is 0. The van der Waals surface area contributed by atoms with Gasteiger partial charge in [-0.25, -0.2) is 4.79 Å². The monoisotopic (exact) mass is 191 g/mol. The van der Waals surface area contributed by atoms with E-state index in [-0.39, 0.29) is 0 Å². The van der Waals surface area contributed by atoms with Crippen molar-refractivity contribution in [3.63, 3.8) is 0 Å². The van der Waals surface area contributed by atoms with Crippen LogP contribution >= 0.6 is 0 Å². The summed E-state index contributed by atoms with van der Waals surface area (Å²) in [5.74, 6) is -0.969. The van der Waals surface area contributed by atoms with Gasteiger partial charge in [-0.3, -0.25) is 0 Å². The molecule has 0 spiro atoms. The minimum atomic E-state index is -0.969. The lowest BCUT2D eigenvalue weighted by atomic mass is 10.0. The zero-order valence-corrected chi connectivity index (χ0v) is 8.24. The molecule has 1 rings (SSSR count). The summed E-state index contributed by atoms with van der Waals surface area (Å²) < 4.78 is 0. The third-order valence-electron chi connectivity index (χ3n) is 1.97. The molecule has 14 heavy (non-hydrogen) atoms. The van der Waals surface area contributed by atoms with E-state index in [4.69, 9.17) is 10.8 Å². The average Bonchev–Trinajstić information content (AvgIpc) is 2.08. The van der Waals surface area contributed by atoms with Crippen molar-refractivity contribution in [3.8, 4) is 0 Å². The molecule has 3 nitrogen and oxygen atoms in total. The van der Waals surface area contributed by atoms with Crippen molar-refractivity contribution >= 4 is 17.7 Å². The lowest BCUT2D eigenvalue weighted by Crippen LogP contribution is -1.95. The number of nitrogens with two attached hydrogens (primary N) is 1. The number of hydrogen-bond donors (Lipinski definition) is 2. The van der Waals surface area contributed by atoms with Crippen molar-refractivity contribution in [2.24, 2.45) is 0 Å². The molecule has 3 N–H and O–H groups in total. The molecular weight excluding hydrogens is 178 g/mol. The fourth-order valence-electron chi connectivity index (χ4n) is 1.31. The SMILES string of the molecule is Cc1cc(C)c(N)c(C=CC(=O)O)c1. The number of rotatable bonds is 2. The molecule has 0 saturated heterocycles. The van der Waals surface area contributed by atoms with Crippen molar-refractivity contribution in [2.75, 3.05) is 5.73 Å². The third-order valence-corrected chi connectivity index (χ3v) is 1.97. The summed E-state index contributed by atoms with van der Waals surface area (Å²) in [5.41, 5.74) is 9.22. The lowest BCUT2D eigenvalue weighted by Gasteiger charge is -2.05. The van der Waals surface area contributed by atoms with E-state index in [1.54, 1.807) is 0 Å². The zero-order valence-electron chi connectivity index (χ0n) is 8.24. The first-order valence-corrected chi connectivity index (χ1v) is 4.28. The zero-order chi connectivity index (χ0) is 10.7. The van der Waals surface area contributed by atoms with Crippen LogP contribution in [-0.2, 0) is 4.79 Å². The number of carboxylic acids is 1. The number of nitrogen functional groups attached to an aromatic ring is 1. The number of benzene rings is 1. The van der Waals surface area contributed by atoms with Gasteiger partial charge < -0.3 is 10.8 Å². The van der Waals surface area contributed by atoms with E-state index in [0.717, 1.165) is 22.8 Å². The van der Waals surface area contributed by atoms with Gasteiger partial charge in [-0.2, -0.15) is 0 Å². The molecule has 0 saturated carbocycles. The van der Waals surface area contributed by atoms with Crippen LogP contribution in [0.2, 0.25) is 0 Å². The Morgan fingerprint density at radius 3 is 2.64 bits per heavy atom. The number of carboxylic acid groups (broad SMARTS) is 1. The molecule has 74 valence electrons. The molecule has 0 aliphatic carbocycles. The van der Waals surface area contributed by atoms with Gasteiger partial charge in [-0.15, -0.1) is 0 Å². The maximum Gasteiger partial charge on any atom is 0.328 e. The highest BCUT2D eigenvalue weighted by Gasteiger charge is 2.00. The normalized spacial score (nSPS) is 10.7. The smallest absolute Gasteiger partial charge is 0.328 e. The largest absolute Gasteiger partial charge is 0.478 e. The predicted octanol–water partition coefficient (Wildman–Crippen LogP) is 1.98. The van der Waals surface area contributed by atoms with Crippen LogP contribution in [-0.4, -0.2) is 11.1 Å². The number of anilines is 1. The molecule has 0 bridgehead atoms.